The molecule has 0 saturated carbocycles. The van der Waals surface area contributed by atoms with E-state index < -0.39 is 0 Å². The number of amides is 1. The van der Waals surface area contributed by atoms with Crippen LogP contribution in [0, 0.1) is 0 Å². The molecular formula is C20H28N6O2. The van der Waals surface area contributed by atoms with Gasteiger partial charge in [0.05, 0.1) is 12.8 Å². The lowest BCUT2D eigenvalue weighted by Gasteiger charge is -2.31. The molecule has 0 atom stereocenters. The van der Waals surface area contributed by atoms with Gasteiger partial charge in [0.25, 0.3) is 0 Å². The van der Waals surface area contributed by atoms with Crippen LogP contribution in [0.5, 0.6) is 0 Å². The van der Waals surface area contributed by atoms with Crippen LogP contribution in [-0.2, 0) is 4.74 Å². The van der Waals surface area contributed by atoms with Crippen LogP contribution in [0.25, 0.3) is 0 Å². The fraction of sp³-hybridized carbons (Fsp3) is 0.500. The number of hydrogen-bond acceptors (Lipinski definition) is 7. The molecule has 0 aliphatic carbocycles. The van der Waals surface area contributed by atoms with Gasteiger partial charge in [-0.15, -0.1) is 5.10 Å². The predicted molar refractivity (Wildman–Crippen MR) is 109 cm³/mol. The molecule has 0 unspecified atom stereocenters. The molecule has 2 aromatic rings. The Morgan fingerprint density at radius 3 is 2.61 bits per heavy atom. The lowest BCUT2D eigenvalue weighted by molar-refractivity contribution is 0.0983. The van der Waals surface area contributed by atoms with Crippen molar-refractivity contribution in [2.45, 2.75) is 45.6 Å². The van der Waals surface area contributed by atoms with Crippen molar-refractivity contribution in [2.24, 2.45) is 0 Å². The highest BCUT2D eigenvalue weighted by Gasteiger charge is 2.23. The van der Waals surface area contributed by atoms with Gasteiger partial charge in [0.2, 0.25) is 5.95 Å². The summed E-state index contributed by atoms with van der Waals surface area (Å²) in [5.41, 5.74) is 2.21. The quantitative estimate of drug-likeness (QED) is 0.783. The Balaban J connectivity index is 1.54. The highest BCUT2D eigenvalue weighted by atomic mass is 16.6. The Labute approximate surface area is 165 Å². The molecule has 1 aromatic heterocycles. The second kappa shape index (κ2) is 9.34. The lowest BCUT2D eigenvalue weighted by atomic mass is 10.0. The van der Waals surface area contributed by atoms with E-state index in [4.69, 9.17) is 4.74 Å². The van der Waals surface area contributed by atoms with Gasteiger partial charge < -0.3 is 20.3 Å². The van der Waals surface area contributed by atoms with E-state index in [-0.39, 0.29) is 12.1 Å². The van der Waals surface area contributed by atoms with E-state index in [2.05, 4.69) is 51.8 Å². The van der Waals surface area contributed by atoms with Gasteiger partial charge in [-0.05, 0) is 43.4 Å². The minimum Gasteiger partial charge on any atom is -0.450 e. The van der Waals surface area contributed by atoms with Gasteiger partial charge >= 0.3 is 6.09 Å². The minimum atomic E-state index is -0.236. The fourth-order valence-electron chi connectivity index (χ4n) is 3.14. The predicted octanol–water partition coefficient (Wildman–Crippen LogP) is 3.77. The molecule has 8 heteroatoms. The van der Waals surface area contributed by atoms with Crippen molar-refractivity contribution < 1.29 is 9.53 Å². The lowest BCUT2D eigenvalue weighted by Crippen LogP contribution is -2.42. The molecule has 3 rings (SSSR count). The number of nitrogens with one attached hydrogen (secondary N) is 2. The van der Waals surface area contributed by atoms with Gasteiger partial charge in [-0.2, -0.15) is 10.1 Å². The second-order valence-electron chi connectivity index (χ2n) is 7.17. The number of aromatic nitrogens is 3. The van der Waals surface area contributed by atoms with Crippen molar-refractivity contribution in [1.29, 1.82) is 0 Å². The number of benzene rings is 1. The molecule has 8 nitrogen and oxygen atoms in total. The van der Waals surface area contributed by atoms with E-state index in [1.165, 1.54) is 5.56 Å². The number of rotatable bonds is 6. The van der Waals surface area contributed by atoms with E-state index >= 15 is 0 Å². The molecule has 0 spiro atoms. The summed E-state index contributed by atoms with van der Waals surface area (Å²) in [4.78, 5) is 18.0. The third-order valence-electron chi connectivity index (χ3n) is 4.77. The maximum Gasteiger partial charge on any atom is 0.409 e. The first-order valence-corrected chi connectivity index (χ1v) is 9.80. The molecule has 0 radical (unpaired) electrons. The Hall–Kier alpha value is -2.90. The third kappa shape index (κ3) is 5.31. The summed E-state index contributed by atoms with van der Waals surface area (Å²) in [6, 6.07) is 8.47. The normalized spacial score (nSPS) is 14.8. The molecular weight excluding hydrogens is 356 g/mol. The van der Waals surface area contributed by atoms with Crippen molar-refractivity contribution in [2.75, 3.05) is 30.3 Å². The van der Waals surface area contributed by atoms with E-state index in [1.807, 2.05) is 19.1 Å². The first-order chi connectivity index (χ1) is 13.5. The fourth-order valence-corrected chi connectivity index (χ4v) is 3.14. The molecule has 1 aromatic carbocycles. The summed E-state index contributed by atoms with van der Waals surface area (Å²) < 4.78 is 5.06. The Morgan fingerprint density at radius 1 is 1.25 bits per heavy atom. The number of carbonyl (C=O) groups excluding carboxylic acids is 1. The molecule has 2 N–H and O–H groups in total. The number of likely N-dealkylation sites (tertiary alicyclic amines) is 1. The zero-order chi connectivity index (χ0) is 19.9. The molecule has 2 heterocycles. The maximum absolute atomic E-state index is 11.8. The van der Waals surface area contributed by atoms with Crippen LogP contribution in [0.1, 0.15) is 45.1 Å². The summed E-state index contributed by atoms with van der Waals surface area (Å²) in [6.07, 6.45) is 3.05. The van der Waals surface area contributed by atoms with Crippen LogP contribution in [-0.4, -0.2) is 51.9 Å². The summed E-state index contributed by atoms with van der Waals surface area (Å²) in [7, 11) is 0. The highest BCUT2D eigenvalue weighted by Crippen LogP contribution is 2.20. The Kier molecular flexibility index (Phi) is 6.62. The molecule has 1 aliphatic rings. The van der Waals surface area contributed by atoms with Crippen molar-refractivity contribution in [3.05, 3.63) is 36.0 Å². The van der Waals surface area contributed by atoms with Crippen molar-refractivity contribution in [3.8, 4) is 0 Å². The number of hydrogen-bond donors (Lipinski definition) is 2. The first-order valence-electron chi connectivity index (χ1n) is 9.80. The van der Waals surface area contributed by atoms with Crippen LogP contribution in [0.3, 0.4) is 0 Å². The van der Waals surface area contributed by atoms with E-state index in [9.17, 15) is 4.79 Å². The average Bonchev–Trinajstić information content (AvgIpc) is 2.69. The van der Waals surface area contributed by atoms with Gasteiger partial charge in [-0.3, -0.25) is 0 Å². The molecule has 28 heavy (non-hydrogen) atoms. The number of nitrogens with zero attached hydrogens (tertiary/aromatic N) is 4. The monoisotopic (exact) mass is 384 g/mol. The maximum atomic E-state index is 11.8. The molecule has 0 bridgehead atoms. The van der Waals surface area contributed by atoms with Crippen LogP contribution in [0.2, 0.25) is 0 Å². The number of piperidine rings is 1. The molecule has 150 valence electrons. The van der Waals surface area contributed by atoms with Crippen molar-refractivity contribution in [1.82, 2.24) is 20.1 Å². The van der Waals surface area contributed by atoms with E-state index in [0.717, 1.165) is 18.5 Å². The summed E-state index contributed by atoms with van der Waals surface area (Å²) in [5, 5.41) is 14.7. The number of anilines is 3. The first kappa shape index (κ1) is 19.9. The van der Waals surface area contributed by atoms with Gasteiger partial charge in [0.15, 0.2) is 5.82 Å². The second-order valence-corrected chi connectivity index (χ2v) is 7.17. The SMILES string of the molecule is CCOC(=O)N1CCC(Nc2cnnc(Nc3ccc(C(C)C)cc3)n2)CC1. The zero-order valence-corrected chi connectivity index (χ0v) is 16.7. The van der Waals surface area contributed by atoms with Gasteiger partial charge in [0.1, 0.15) is 0 Å². The van der Waals surface area contributed by atoms with Crippen LogP contribution in [0.15, 0.2) is 30.5 Å². The number of ether oxygens (including phenoxy) is 1. The summed E-state index contributed by atoms with van der Waals surface area (Å²) >= 11 is 0. The number of carbonyl (C=O) groups is 1. The summed E-state index contributed by atoms with van der Waals surface area (Å²) in [5.74, 6) is 1.62. The largest absolute Gasteiger partial charge is 0.450 e. The van der Waals surface area contributed by atoms with Crippen LogP contribution in [0.4, 0.5) is 22.2 Å². The standard InChI is InChI=1S/C20H28N6O2/c1-4-28-20(27)26-11-9-17(10-12-26)22-18-13-21-25-19(24-18)23-16-7-5-15(6-8-16)14(2)3/h5-8,13-14,17H,4,9-12H2,1-3H3,(H2,22,23,24,25). The smallest absolute Gasteiger partial charge is 0.409 e. The molecule has 1 fully saturated rings. The van der Waals surface area contributed by atoms with Gasteiger partial charge in [0, 0.05) is 24.8 Å². The van der Waals surface area contributed by atoms with E-state index in [0.29, 0.717) is 37.4 Å². The summed E-state index contributed by atoms with van der Waals surface area (Å²) in [6.45, 7) is 7.90. The molecule has 1 aliphatic heterocycles. The van der Waals surface area contributed by atoms with Crippen molar-refractivity contribution >= 4 is 23.5 Å². The third-order valence-corrected chi connectivity index (χ3v) is 4.77. The van der Waals surface area contributed by atoms with Crippen LogP contribution >= 0.6 is 0 Å². The van der Waals surface area contributed by atoms with E-state index in [1.54, 1.807) is 11.1 Å². The Morgan fingerprint density at radius 2 is 1.96 bits per heavy atom. The van der Waals surface area contributed by atoms with Gasteiger partial charge in [-0.1, -0.05) is 26.0 Å². The molecule has 1 saturated heterocycles. The van der Waals surface area contributed by atoms with Crippen molar-refractivity contribution in [3.63, 3.8) is 0 Å². The zero-order valence-electron chi connectivity index (χ0n) is 16.7. The van der Waals surface area contributed by atoms with Crippen LogP contribution < -0.4 is 10.6 Å². The Bertz CT molecular complexity index is 773. The molecule has 1 amide bonds. The highest BCUT2D eigenvalue weighted by molar-refractivity contribution is 5.67. The average molecular weight is 384 g/mol. The minimum absolute atomic E-state index is 0.236. The van der Waals surface area contributed by atoms with Gasteiger partial charge in [-0.25, -0.2) is 4.79 Å². The topological polar surface area (TPSA) is 92.3 Å².